The van der Waals surface area contributed by atoms with Crippen molar-refractivity contribution in [3.05, 3.63) is 47.3 Å². The molecule has 92 valence electrons. The van der Waals surface area contributed by atoms with Crippen LogP contribution < -0.4 is 11.1 Å². The molecule has 1 aliphatic heterocycles. The van der Waals surface area contributed by atoms with E-state index in [2.05, 4.69) is 5.32 Å². The summed E-state index contributed by atoms with van der Waals surface area (Å²) in [7, 11) is 0. The third kappa shape index (κ3) is 2.23. The molecule has 1 atom stereocenters. The number of nitrogens with two attached hydrogens (primary N) is 1. The van der Waals surface area contributed by atoms with Gasteiger partial charge in [-0.05, 0) is 23.8 Å². The van der Waals surface area contributed by atoms with Crippen molar-refractivity contribution in [1.82, 2.24) is 5.32 Å². The fourth-order valence-corrected chi connectivity index (χ4v) is 1.96. The largest absolute Gasteiger partial charge is 0.416 e. The molecule has 2 rings (SSSR count). The molecule has 1 aromatic rings. The smallest absolute Gasteiger partial charge is 0.386 e. The summed E-state index contributed by atoms with van der Waals surface area (Å²) in [6.45, 7) is 2.53. The Morgan fingerprint density at radius 2 is 1.82 bits per heavy atom. The predicted molar refractivity (Wildman–Crippen MR) is 59.1 cm³/mol. The maximum atomic E-state index is 12.4. The number of nitrogens with one attached hydrogen (secondary N) is 1. The normalized spacial score (nSPS) is 24.4. The van der Waals surface area contributed by atoms with Crippen molar-refractivity contribution >= 4 is 0 Å². The summed E-state index contributed by atoms with van der Waals surface area (Å²) in [6.07, 6.45) is -2.46. The first kappa shape index (κ1) is 11.8. The molecule has 0 saturated heterocycles. The maximum Gasteiger partial charge on any atom is 0.416 e. The Morgan fingerprint density at radius 1 is 1.24 bits per heavy atom. The van der Waals surface area contributed by atoms with Gasteiger partial charge in [0.2, 0.25) is 0 Å². The summed E-state index contributed by atoms with van der Waals surface area (Å²) in [4.78, 5) is 0. The number of hydrogen-bond acceptors (Lipinski definition) is 2. The summed E-state index contributed by atoms with van der Waals surface area (Å²) >= 11 is 0. The SMILES string of the molecule is C[C@@]1(c2ccc(C(F)(F)F)cc2)C=C(N)NC1. The topological polar surface area (TPSA) is 38.0 Å². The van der Waals surface area contributed by atoms with Crippen LogP contribution in [0, 0.1) is 0 Å². The molecule has 0 amide bonds. The molecule has 0 spiro atoms. The number of rotatable bonds is 1. The molecule has 0 bridgehead atoms. The summed E-state index contributed by atoms with van der Waals surface area (Å²) < 4.78 is 37.2. The van der Waals surface area contributed by atoms with Crippen molar-refractivity contribution in [3.8, 4) is 0 Å². The lowest BCUT2D eigenvalue weighted by Gasteiger charge is -2.21. The van der Waals surface area contributed by atoms with E-state index in [1.807, 2.05) is 13.0 Å². The van der Waals surface area contributed by atoms with E-state index < -0.39 is 11.7 Å². The van der Waals surface area contributed by atoms with Gasteiger partial charge in [-0.2, -0.15) is 13.2 Å². The van der Waals surface area contributed by atoms with Crippen LogP contribution in [0.1, 0.15) is 18.1 Å². The van der Waals surface area contributed by atoms with Gasteiger partial charge in [-0.3, -0.25) is 0 Å². The van der Waals surface area contributed by atoms with Gasteiger partial charge >= 0.3 is 6.18 Å². The Bertz CT molecular complexity index is 448. The van der Waals surface area contributed by atoms with E-state index >= 15 is 0 Å². The lowest BCUT2D eigenvalue weighted by molar-refractivity contribution is -0.137. The minimum absolute atomic E-state index is 0.339. The minimum atomic E-state index is -4.29. The molecule has 1 heterocycles. The highest BCUT2D eigenvalue weighted by Gasteiger charge is 2.32. The Hall–Kier alpha value is -1.65. The zero-order valence-electron chi connectivity index (χ0n) is 9.31. The van der Waals surface area contributed by atoms with Crippen molar-refractivity contribution in [2.24, 2.45) is 5.73 Å². The molecule has 0 aromatic heterocycles. The van der Waals surface area contributed by atoms with E-state index in [1.165, 1.54) is 12.1 Å². The van der Waals surface area contributed by atoms with Crippen LogP contribution in [0.15, 0.2) is 36.2 Å². The van der Waals surface area contributed by atoms with Crippen LogP contribution in [-0.2, 0) is 11.6 Å². The first-order valence-corrected chi connectivity index (χ1v) is 5.21. The molecule has 0 aliphatic carbocycles. The third-order valence-corrected chi connectivity index (χ3v) is 3.01. The van der Waals surface area contributed by atoms with Gasteiger partial charge in [0.1, 0.15) is 0 Å². The predicted octanol–water partition coefficient (Wildman–Crippen LogP) is 2.37. The number of hydrogen-bond donors (Lipinski definition) is 2. The van der Waals surface area contributed by atoms with Crippen LogP contribution in [0.3, 0.4) is 0 Å². The van der Waals surface area contributed by atoms with E-state index in [4.69, 9.17) is 5.73 Å². The Kier molecular flexibility index (Phi) is 2.56. The van der Waals surface area contributed by atoms with Crippen LogP contribution in [0.5, 0.6) is 0 Å². The molecular formula is C12H13F3N2. The standard InChI is InChI=1S/C12H13F3N2/c1-11(6-10(16)17-7-11)8-2-4-9(5-3-8)12(13,14)15/h2-6,17H,7,16H2,1H3/t11-/m1/s1. The Balaban J connectivity index is 2.31. The monoisotopic (exact) mass is 242 g/mol. The molecule has 0 fully saturated rings. The molecule has 3 N–H and O–H groups in total. The maximum absolute atomic E-state index is 12.4. The van der Waals surface area contributed by atoms with Gasteiger partial charge in [-0.25, -0.2) is 0 Å². The lowest BCUT2D eigenvalue weighted by Crippen LogP contribution is -2.26. The van der Waals surface area contributed by atoms with Crippen LogP contribution in [-0.4, -0.2) is 6.54 Å². The average Bonchev–Trinajstić information content (AvgIpc) is 2.59. The summed E-state index contributed by atoms with van der Waals surface area (Å²) in [5, 5.41) is 2.97. The molecule has 5 heteroatoms. The van der Waals surface area contributed by atoms with E-state index in [0.717, 1.165) is 17.7 Å². The van der Waals surface area contributed by atoms with Gasteiger partial charge in [0.05, 0.1) is 11.4 Å². The van der Waals surface area contributed by atoms with Gasteiger partial charge < -0.3 is 11.1 Å². The first-order chi connectivity index (χ1) is 7.81. The molecule has 0 radical (unpaired) electrons. The molecule has 2 nitrogen and oxygen atoms in total. The molecule has 0 unspecified atom stereocenters. The molecular weight excluding hydrogens is 229 g/mol. The molecule has 0 saturated carbocycles. The second-order valence-corrected chi connectivity index (χ2v) is 4.45. The fraction of sp³-hybridized carbons (Fsp3) is 0.333. The lowest BCUT2D eigenvalue weighted by atomic mass is 9.83. The summed E-state index contributed by atoms with van der Waals surface area (Å²) in [5.41, 5.74) is 5.46. The summed E-state index contributed by atoms with van der Waals surface area (Å²) in [6, 6.07) is 5.20. The molecule has 1 aromatic carbocycles. The third-order valence-electron chi connectivity index (χ3n) is 3.01. The number of halogens is 3. The van der Waals surface area contributed by atoms with E-state index in [0.29, 0.717) is 12.4 Å². The van der Waals surface area contributed by atoms with Crippen LogP contribution in [0.2, 0.25) is 0 Å². The van der Waals surface area contributed by atoms with E-state index in [-0.39, 0.29) is 5.41 Å². The van der Waals surface area contributed by atoms with Crippen molar-refractivity contribution in [2.45, 2.75) is 18.5 Å². The van der Waals surface area contributed by atoms with Crippen LogP contribution >= 0.6 is 0 Å². The highest BCUT2D eigenvalue weighted by molar-refractivity contribution is 5.37. The second-order valence-electron chi connectivity index (χ2n) is 4.45. The van der Waals surface area contributed by atoms with Crippen LogP contribution in [0.4, 0.5) is 13.2 Å². The van der Waals surface area contributed by atoms with E-state index in [9.17, 15) is 13.2 Å². The van der Waals surface area contributed by atoms with Crippen molar-refractivity contribution < 1.29 is 13.2 Å². The van der Waals surface area contributed by atoms with Gasteiger partial charge in [0.15, 0.2) is 0 Å². The van der Waals surface area contributed by atoms with Crippen molar-refractivity contribution in [2.75, 3.05) is 6.54 Å². The van der Waals surface area contributed by atoms with Gasteiger partial charge in [0.25, 0.3) is 0 Å². The minimum Gasteiger partial charge on any atom is -0.386 e. The quantitative estimate of drug-likeness (QED) is 0.793. The summed E-state index contributed by atoms with van der Waals surface area (Å²) in [5.74, 6) is 0.562. The zero-order valence-corrected chi connectivity index (χ0v) is 9.31. The highest BCUT2D eigenvalue weighted by Crippen LogP contribution is 2.33. The fourth-order valence-electron chi connectivity index (χ4n) is 1.96. The van der Waals surface area contributed by atoms with Gasteiger partial charge in [-0.15, -0.1) is 0 Å². The molecule has 1 aliphatic rings. The number of alkyl halides is 3. The first-order valence-electron chi connectivity index (χ1n) is 5.21. The average molecular weight is 242 g/mol. The molecule has 17 heavy (non-hydrogen) atoms. The van der Waals surface area contributed by atoms with Crippen molar-refractivity contribution in [3.63, 3.8) is 0 Å². The Morgan fingerprint density at radius 3 is 2.24 bits per heavy atom. The zero-order chi connectivity index (χ0) is 12.7. The highest BCUT2D eigenvalue weighted by atomic mass is 19.4. The van der Waals surface area contributed by atoms with E-state index in [1.54, 1.807) is 0 Å². The van der Waals surface area contributed by atoms with Gasteiger partial charge in [-0.1, -0.05) is 19.1 Å². The Labute approximate surface area is 97.3 Å². The number of benzene rings is 1. The van der Waals surface area contributed by atoms with Crippen molar-refractivity contribution in [1.29, 1.82) is 0 Å². The second kappa shape index (κ2) is 3.68. The van der Waals surface area contributed by atoms with Crippen LogP contribution in [0.25, 0.3) is 0 Å². The van der Waals surface area contributed by atoms with Gasteiger partial charge in [0, 0.05) is 12.0 Å².